The van der Waals surface area contributed by atoms with Crippen molar-refractivity contribution in [1.29, 1.82) is 0 Å². The summed E-state index contributed by atoms with van der Waals surface area (Å²) in [5.74, 6) is 3.32. The largest absolute Gasteiger partial charge is 0.497 e. The predicted octanol–water partition coefficient (Wildman–Crippen LogP) is 4.26. The zero-order valence-corrected chi connectivity index (χ0v) is 12.5. The summed E-state index contributed by atoms with van der Waals surface area (Å²) in [5.41, 5.74) is 0.112. The molecule has 1 aromatic rings. The fourth-order valence-corrected chi connectivity index (χ4v) is 2.01. The van der Waals surface area contributed by atoms with Crippen molar-refractivity contribution in [2.75, 3.05) is 18.6 Å². The topological polar surface area (TPSA) is 12.5 Å². The standard InChI is InChI=1S/C16H20F3NO/c1-5-15(2,3)20(12-6-11-16(17,18)19)13-7-9-14(21-4)10-8-13/h1,7-10H,6,11-12H2,2-4H3. The van der Waals surface area contributed by atoms with E-state index >= 15 is 0 Å². The van der Waals surface area contributed by atoms with Gasteiger partial charge in [-0.3, -0.25) is 0 Å². The first-order valence-electron chi connectivity index (χ1n) is 6.66. The van der Waals surface area contributed by atoms with Crippen LogP contribution in [0.15, 0.2) is 24.3 Å². The summed E-state index contributed by atoms with van der Waals surface area (Å²) in [6.45, 7) is 3.86. The van der Waals surface area contributed by atoms with Gasteiger partial charge in [0.1, 0.15) is 5.75 Å². The van der Waals surface area contributed by atoms with Gasteiger partial charge in [-0.2, -0.15) is 13.2 Å². The molecule has 0 saturated carbocycles. The summed E-state index contributed by atoms with van der Waals surface area (Å²) in [6, 6.07) is 7.12. The van der Waals surface area contributed by atoms with Crippen molar-refractivity contribution in [2.24, 2.45) is 0 Å². The molecule has 0 fully saturated rings. The first-order valence-corrected chi connectivity index (χ1v) is 6.66. The smallest absolute Gasteiger partial charge is 0.389 e. The summed E-state index contributed by atoms with van der Waals surface area (Å²) >= 11 is 0. The van der Waals surface area contributed by atoms with E-state index in [1.165, 1.54) is 0 Å². The molecule has 21 heavy (non-hydrogen) atoms. The minimum atomic E-state index is -4.15. The Hall–Kier alpha value is -1.83. The van der Waals surface area contributed by atoms with Gasteiger partial charge in [0.05, 0.1) is 12.6 Å². The van der Waals surface area contributed by atoms with Crippen LogP contribution in [-0.4, -0.2) is 25.4 Å². The molecule has 5 heteroatoms. The van der Waals surface area contributed by atoms with Gasteiger partial charge in [0.15, 0.2) is 0 Å². The molecule has 0 aliphatic heterocycles. The van der Waals surface area contributed by atoms with Crippen molar-refractivity contribution >= 4 is 5.69 Å². The highest BCUT2D eigenvalue weighted by Gasteiger charge is 2.29. The van der Waals surface area contributed by atoms with Gasteiger partial charge in [-0.15, -0.1) is 6.42 Å². The molecule has 0 aliphatic rings. The number of alkyl halides is 3. The number of terminal acetylenes is 1. The van der Waals surface area contributed by atoms with E-state index in [-0.39, 0.29) is 13.0 Å². The van der Waals surface area contributed by atoms with Gasteiger partial charge in [0.25, 0.3) is 0 Å². The third-order valence-corrected chi connectivity index (χ3v) is 3.25. The van der Waals surface area contributed by atoms with Crippen LogP contribution in [0.1, 0.15) is 26.7 Å². The quantitative estimate of drug-likeness (QED) is 0.728. The van der Waals surface area contributed by atoms with Gasteiger partial charge < -0.3 is 9.64 Å². The second kappa shape index (κ2) is 6.75. The third-order valence-electron chi connectivity index (χ3n) is 3.25. The van der Waals surface area contributed by atoms with Crippen LogP contribution in [0, 0.1) is 12.3 Å². The van der Waals surface area contributed by atoms with E-state index < -0.39 is 18.1 Å². The van der Waals surface area contributed by atoms with E-state index in [1.54, 1.807) is 36.3 Å². The zero-order chi connectivity index (χ0) is 16.1. The van der Waals surface area contributed by atoms with Crippen molar-refractivity contribution in [2.45, 2.75) is 38.4 Å². The molecule has 0 radical (unpaired) electrons. The Bertz CT molecular complexity index is 486. The molecule has 0 bridgehead atoms. The van der Waals surface area contributed by atoms with Crippen LogP contribution in [0.5, 0.6) is 5.75 Å². The van der Waals surface area contributed by atoms with Gasteiger partial charge >= 0.3 is 6.18 Å². The Morgan fingerprint density at radius 1 is 1.19 bits per heavy atom. The molecule has 0 aromatic heterocycles. The number of halogens is 3. The minimum absolute atomic E-state index is 0.000634. The van der Waals surface area contributed by atoms with Crippen LogP contribution in [0.2, 0.25) is 0 Å². The zero-order valence-electron chi connectivity index (χ0n) is 12.5. The van der Waals surface area contributed by atoms with Gasteiger partial charge in [-0.05, 0) is 44.5 Å². The van der Waals surface area contributed by atoms with E-state index in [1.807, 2.05) is 13.8 Å². The lowest BCUT2D eigenvalue weighted by atomic mass is 10.0. The second-order valence-electron chi connectivity index (χ2n) is 5.27. The summed E-state index contributed by atoms with van der Waals surface area (Å²) in [7, 11) is 1.56. The molecule has 2 nitrogen and oxygen atoms in total. The highest BCUT2D eigenvalue weighted by atomic mass is 19.4. The summed E-state index contributed by atoms with van der Waals surface area (Å²) < 4.78 is 42.0. The third kappa shape index (κ3) is 5.22. The summed E-state index contributed by atoms with van der Waals surface area (Å²) in [4.78, 5) is 1.80. The Morgan fingerprint density at radius 3 is 2.19 bits per heavy atom. The van der Waals surface area contributed by atoms with Crippen molar-refractivity contribution in [3.8, 4) is 18.1 Å². The van der Waals surface area contributed by atoms with E-state index in [4.69, 9.17) is 11.2 Å². The molecule has 116 valence electrons. The highest BCUT2D eigenvalue weighted by Crippen LogP contribution is 2.28. The maximum absolute atomic E-state index is 12.3. The lowest BCUT2D eigenvalue weighted by Crippen LogP contribution is -2.43. The highest BCUT2D eigenvalue weighted by molar-refractivity contribution is 5.53. The molecular weight excluding hydrogens is 279 g/mol. The average molecular weight is 299 g/mol. The SMILES string of the molecule is C#CC(C)(C)N(CCCC(F)(F)F)c1ccc(OC)cc1. The van der Waals surface area contributed by atoms with Gasteiger partial charge in [-0.25, -0.2) is 0 Å². The molecule has 1 aromatic carbocycles. The van der Waals surface area contributed by atoms with Crippen molar-refractivity contribution in [3.05, 3.63) is 24.3 Å². The fourth-order valence-electron chi connectivity index (χ4n) is 2.01. The summed E-state index contributed by atoms with van der Waals surface area (Å²) in [5, 5.41) is 0. The molecule has 0 saturated heterocycles. The number of rotatable bonds is 6. The van der Waals surface area contributed by atoms with Crippen LogP contribution < -0.4 is 9.64 Å². The van der Waals surface area contributed by atoms with E-state index in [9.17, 15) is 13.2 Å². The van der Waals surface area contributed by atoms with E-state index in [2.05, 4.69) is 5.92 Å². The predicted molar refractivity (Wildman–Crippen MR) is 78.5 cm³/mol. The van der Waals surface area contributed by atoms with Gasteiger partial charge in [0, 0.05) is 18.7 Å². The second-order valence-corrected chi connectivity index (χ2v) is 5.27. The average Bonchev–Trinajstić information content (AvgIpc) is 2.42. The van der Waals surface area contributed by atoms with Crippen molar-refractivity contribution in [1.82, 2.24) is 0 Å². The van der Waals surface area contributed by atoms with Crippen LogP contribution in [-0.2, 0) is 0 Å². The maximum atomic E-state index is 12.3. The number of hydrogen-bond acceptors (Lipinski definition) is 2. The van der Waals surface area contributed by atoms with Crippen molar-refractivity contribution in [3.63, 3.8) is 0 Å². The van der Waals surface area contributed by atoms with E-state index in [0.29, 0.717) is 5.75 Å². The monoisotopic (exact) mass is 299 g/mol. The number of ether oxygens (including phenoxy) is 1. The maximum Gasteiger partial charge on any atom is 0.389 e. The van der Waals surface area contributed by atoms with Crippen LogP contribution in [0.4, 0.5) is 18.9 Å². The van der Waals surface area contributed by atoms with E-state index in [0.717, 1.165) is 5.69 Å². The Kier molecular flexibility index (Phi) is 5.54. The molecular formula is C16H20F3NO. The molecule has 1 rings (SSSR count). The minimum Gasteiger partial charge on any atom is -0.497 e. The molecule has 0 atom stereocenters. The molecule has 0 spiro atoms. The van der Waals surface area contributed by atoms with Gasteiger partial charge in [0.2, 0.25) is 0 Å². The molecule has 0 aliphatic carbocycles. The lowest BCUT2D eigenvalue weighted by molar-refractivity contribution is -0.135. The Morgan fingerprint density at radius 2 is 1.76 bits per heavy atom. The van der Waals surface area contributed by atoms with Crippen LogP contribution in [0.25, 0.3) is 0 Å². The number of anilines is 1. The molecule has 0 amide bonds. The normalized spacial score (nSPS) is 11.9. The van der Waals surface area contributed by atoms with Gasteiger partial charge in [-0.1, -0.05) is 5.92 Å². The molecule has 0 unspecified atom stereocenters. The number of nitrogens with zero attached hydrogens (tertiary/aromatic N) is 1. The number of hydrogen-bond donors (Lipinski definition) is 0. The fraction of sp³-hybridized carbons (Fsp3) is 0.500. The number of benzene rings is 1. The van der Waals surface area contributed by atoms with Crippen LogP contribution >= 0.6 is 0 Å². The van der Waals surface area contributed by atoms with Crippen molar-refractivity contribution < 1.29 is 17.9 Å². The number of methoxy groups -OCH3 is 1. The van der Waals surface area contributed by atoms with Crippen LogP contribution in [0.3, 0.4) is 0 Å². The lowest BCUT2D eigenvalue weighted by Gasteiger charge is -2.37. The first-order chi connectivity index (χ1) is 9.69. The summed E-state index contributed by atoms with van der Waals surface area (Å²) in [6.07, 6.45) is 0.554. The Balaban J connectivity index is 2.89. The molecule has 0 heterocycles. The Labute approximate surface area is 123 Å². The molecule has 0 N–H and O–H groups in total. The first kappa shape index (κ1) is 17.2.